The van der Waals surface area contributed by atoms with Crippen LogP contribution in [0.2, 0.25) is 0 Å². The molecule has 0 amide bonds. The highest BCUT2D eigenvalue weighted by Gasteiger charge is 2.16. The fourth-order valence-electron chi connectivity index (χ4n) is 2.17. The lowest BCUT2D eigenvalue weighted by molar-refractivity contribution is 0.453. The van der Waals surface area contributed by atoms with Gasteiger partial charge in [0.1, 0.15) is 0 Å². The Labute approximate surface area is 92.1 Å². The van der Waals surface area contributed by atoms with Crippen LogP contribution in [0, 0.1) is 6.92 Å². The van der Waals surface area contributed by atoms with E-state index in [0.717, 1.165) is 26.1 Å². The summed E-state index contributed by atoms with van der Waals surface area (Å²) in [5, 5.41) is 6.97. The van der Waals surface area contributed by atoms with Crippen LogP contribution in [0.15, 0.2) is 18.2 Å². The van der Waals surface area contributed by atoms with Gasteiger partial charge in [-0.2, -0.15) is 0 Å². The van der Waals surface area contributed by atoms with Crippen molar-refractivity contribution in [1.29, 1.82) is 0 Å². The van der Waals surface area contributed by atoms with Crippen molar-refractivity contribution in [2.45, 2.75) is 32.9 Å². The Kier molecular flexibility index (Phi) is 3.39. The summed E-state index contributed by atoms with van der Waals surface area (Å²) < 4.78 is 0. The largest absolute Gasteiger partial charge is 0.315 e. The van der Waals surface area contributed by atoms with E-state index in [9.17, 15) is 0 Å². The standard InChI is InChI=1S/C13H20N2/c1-3-14-9-13-7-12-6-10(2)4-5-11(12)8-15-13/h4-6,13-15H,3,7-9H2,1-2H3. The molecule has 15 heavy (non-hydrogen) atoms. The van der Waals surface area contributed by atoms with Gasteiger partial charge in [-0.15, -0.1) is 0 Å². The highest BCUT2D eigenvalue weighted by molar-refractivity contribution is 5.33. The first-order chi connectivity index (χ1) is 7.29. The Morgan fingerprint density at radius 1 is 1.40 bits per heavy atom. The van der Waals surface area contributed by atoms with Gasteiger partial charge >= 0.3 is 0 Å². The van der Waals surface area contributed by atoms with Crippen LogP contribution in [0.25, 0.3) is 0 Å². The smallest absolute Gasteiger partial charge is 0.0236 e. The first kappa shape index (κ1) is 10.7. The fraction of sp³-hybridized carbons (Fsp3) is 0.538. The highest BCUT2D eigenvalue weighted by Crippen LogP contribution is 2.17. The third kappa shape index (κ3) is 2.58. The summed E-state index contributed by atoms with van der Waals surface area (Å²) in [4.78, 5) is 0. The molecule has 2 heteroatoms. The third-order valence-corrected chi connectivity index (χ3v) is 3.05. The number of hydrogen-bond acceptors (Lipinski definition) is 2. The Morgan fingerprint density at radius 3 is 3.07 bits per heavy atom. The minimum atomic E-state index is 0.597. The normalized spacial score (nSPS) is 20.0. The highest BCUT2D eigenvalue weighted by atomic mass is 15.0. The van der Waals surface area contributed by atoms with Crippen LogP contribution in [0.1, 0.15) is 23.6 Å². The van der Waals surface area contributed by atoms with Crippen LogP contribution >= 0.6 is 0 Å². The molecule has 0 saturated carbocycles. The number of benzene rings is 1. The third-order valence-electron chi connectivity index (χ3n) is 3.05. The van der Waals surface area contributed by atoms with E-state index in [1.54, 1.807) is 0 Å². The van der Waals surface area contributed by atoms with E-state index >= 15 is 0 Å². The molecule has 0 fully saturated rings. The van der Waals surface area contributed by atoms with Crippen molar-refractivity contribution in [3.63, 3.8) is 0 Å². The van der Waals surface area contributed by atoms with E-state index in [2.05, 4.69) is 42.7 Å². The summed E-state index contributed by atoms with van der Waals surface area (Å²) in [5.41, 5.74) is 4.36. The molecule has 0 saturated heterocycles. The average molecular weight is 204 g/mol. The molecule has 2 rings (SSSR count). The van der Waals surface area contributed by atoms with Crippen molar-refractivity contribution in [3.05, 3.63) is 34.9 Å². The van der Waals surface area contributed by atoms with Gasteiger partial charge in [0.05, 0.1) is 0 Å². The van der Waals surface area contributed by atoms with E-state index in [-0.39, 0.29) is 0 Å². The first-order valence-electron chi connectivity index (χ1n) is 5.82. The second-order valence-electron chi connectivity index (χ2n) is 4.36. The molecule has 1 aliphatic heterocycles. The maximum Gasteiger partial charge on any atom is 0.0236 e. The molecule has 82 valence electrons. The predicted molar refractivity (Wildman–Crippen MR) is 64.1 cm³/mol. The monoisotopic (exact) mass is 204 g/mol. The molecule has 0 spiro atoms. The molecule has 2 nitrogen and oxygen atoms in total. The van der Waals surface area contributed by atoms with Gasteiger partial charge in [0.2, 0.25) is 0 Å². The number of aryl methyl sites for hydroxylation is 1. The predicted octanol–water partition coefficient (Wildman–Crippen LogP) is 1.62. The summed E-state index contributed by atoms with van der Waals surface area (Å²) in [6.07, 6.45) is 1.16. The topological polar surface area (TPSA) is 24.1 Å². The van der Waals surface area contributed by atoms with E-state index in [0.29, 0.717) is 6.04 Å². The van der Waals surface area contributed by atoms with Gasteiger partial charge in [-0.3, -0.25) is 0 Å². The van der Waals surface area contributed by atoms with Crippen LogP contribution < -0.4 is 10.6 Å². The van der Waals surface area contributed by atoms with Gasteiger partial charge in [0.15, 0.2) is 0 Å². The number of hydrogen-bond donors (Lipinski definition) is 2. The summed E-state index contributed by atoms with van der Waals surface area (Å²) in [6, 6.07) is 7.38. The second kappa shape index (κ2) is 4.77. The van der Waals surface area contributed by atoms with Gasteiger partial charge in [0.25, 0.3) is 0 Å². The number of rotatable bonds is 3. The maximum absolute atomic E-state index is 3.57. The number of fused-ring (bicyclic) bond motifs is 1. The van der Waals surface area contributed by atoms with Gasteiger partial charge in [-0.1, -0.05) is 30.7 Å². The Hall–Kier alpha value is -0.860. The van der Waals surface area contributed by atoms with Crippen LogP contribution in [0.4, 0.5) is 0 Å². The van der Waals surface area contributed by atoms with Crippen molar-refractivity contribution in [2.24, 2.45) is 0 Å². The summed E-state index contributed by atoms with van der Waals surface area (Å²) >= 11 is 0. The molecule has 1 aliphatic rings. The van der Waals surface area contributed by atoms with Crippen LogP contribution in [0.5, 0.6) is 0 Å². The van der Waals surface area contributed by atoms with Crippen molar-refractivity contribution >= 4 is 0 Å². The lowest BCUT2D eigenvalue weighted by Gasteiger charge is -2.26. The van der Waals surface area contributed by atoms with E-state index in [1.165, 1.54) is 16.7 Å². The second-order valence-corrected chi connectivity index (χ2v) is 4.36. The molecule has 0 radical (unpaired) electrons. The van der Waals surface area contributed by atoms with Crippen LogP contribution in [-0.2, 0) is 13.0 Å². The summed E-state index contributed by atoms with van der Waals surface area (Å²) in [7, 11) is 0. The molecular weight excluding hydrogens is 184 g/mol. The zero-order valence-corrected chi connectivity index (χ0v) is 9.64. The van der Waals surface area contributed by atoms with Crippen molar-refractivity contribution in [1.82, 2.24) is 10.6 Å². The molecule has 0 bridgehead atoms. The van der Waals surface area contributed by atoms with Gasteiger partial charge in [-0.05, 0) is 31.0 Å². The minimum Gasteiger partial charge on any atom is -0.315 e. The number of nitrogens with one attached hydrogen (secondary N) is 2. The van der Waals surface area contributed by atoms with Crippen LogP contribution in [-0.4, -0.2) is 19.1 Å². The van der Waals surface area contributed by atoms with Gasteiger partial charge in [0, 0.05) is 19.1 Å². The average Bonchev–Trinajstić information content (AvgIpc) is 2.25. The SMILES string of the molecule is CCNCC1Cc2cc(C)ccc2CN1. The van der Waals surface area contributed by atoms with E-state index < -0.39 is 0 Å². The van der Waals surface area contributed by atoms with Crippen molar-refractivity contribution in [3.8, 4) is 0 Å². The van der Waals surface area contributed by atoms with Crippen molar-refractivity contribution < 1.29 is 0 Å². The van der Waals surface area contributed by atoms with E-state index in [1.807, 2.05) is 0 Å². The number of likely N-dealkylation sites (N-methyl/N-ethyl adjacent to an activating group) is 1. The van der Waals surface area contributed by atoms with E-state index in [4.69, 9.17) is 0 Å². The Morgan fingerprint density at radius 2 is 2.27 bits per heavy atom. The quantitative estimate of drug-likeness (QED) is 0.782. The lowest BCUT2D eigenvalue weighted by Crippen LogP contribution is -2.42. The van der Waals surface area contributed by atoms with Gasteiger partial charge in [-0.25, -0.2) is 0 Å². The fourth-order valence-corrected chi connectivity index (χ4v) is 2.17. The molecule has 1 unspecified atom stereocenters. The molecule has 2 N–H and O–H groups in total. The Bertz CT molecular complexity index is 333. The Balaban J connectivity index is 2.05. The molecule has 0 aromatic heterocycles. The zero-order chi connectivity index (χ0) is 10.7. The molecule has 1 atom stereocenters. The molecule has 1 aromatic rings. The zero-order valence-electron chi connectivity index (χ0n) is 9.64. The molecular formula is C13H20N2. The lowest BCUT2D eigenvalue weighted by atomic mass is 9.94. The van der Waals surface area contributed by atoms with Crippen LogP contribution in [0.3, 0.4) is 0 Å². The van der Waals surface area contributed by atoms with Gasteiger partial charge < -0.3 is 10.6 Å². The first-order valence-corrected chi connectivity index (χ1v) is 5.82. The maximum atomic E-state index is 3.57. The summed E-state index contributed by atoms with van der Waals surface area (Å²) in [5.74, 6) is 0. The molecule has 0 aliphatic carbocycles. The minimum absolute atomic E-state index is 0.597. The molecule has 1 heterocycles. The van der Waals surface area contributed by atoms with Crippen molar-refractivity contribution in [2.75, 3.05) is 13.1 Å². The summed E-state index contributed by atoms with van der Waals surface area (Å²) in [6.45, 7) is 7.47. The molecule has 1 aromatic carbocycles.